The van der Waals surface area contributed by atoms with Crippen molar-refractivity contribution in [1.82, 2.24) is 5.32 Å². The summed E-state index contributed by atoms with van der Waals surface area (Å²) in [7, 11) is 0. The van der Waals surface area contributed by atoms with Crippen molar-refractivity contribution in [2.24, 2.45) is 0 Å². The van der Waals surface area contributed by atoms with Gasteiger partial charge in [-0.1, -0.05) is 42.0 Å². The summed E-state index contributed by atoms with van der Waals surface area (Å²) in [5.74, 6) is 0.709. The molecule has 0 spiro atoms. The van der Waals surface area contributed by atoms with Crippen LogP contribution < -0.4 is 10.6 Å². The Kier molecular flexibility index (Phi) is 7.34. The summed E-state index contributed by atoms with van der Waals surface area (Å²) >= 11 is 4.89. The van der Waals surface area contributed by atoms with Crippen LogP contribution in [0.4, 0.5) is 5.69 Å². The van der Waals surface area contributed by atoms with Crippen LogP contribution in [0.2, 0.25) is 0 Å². The summed E-state index contributed by atoms with van der Waals surface area (Å²) in [5, 5.41) is 5.38. The van der Waals surface area contributed by atoms with E-state index in [1.165, 1.54) is 22.9 Å². The zero-order chi connectivity index (χ0) is 17.4. The molecule has 126 valence electrons. The summed E-state index contributed by atoms with van der Waals surface area (Å²) in [6, 6.07) is 15.6. The maximum absolute atomic E-state index is 11.8. The Labute approximate surface area is 154 Å². The number of nitrogens with one attached hydrogen (secondary N) is 2. The van der Waals surface area contributed by atoms with Gasteiger partial charge in [0.25, 0.3) is 0 Å². The number of thioether (sulfide) groups is 1. The molecule has 6 heteroatoms. The van der Waals surface area contributed by atoms with E-state index in [-0.39, 0.29) is 18.4 Å². The SMILES string of the molecule is Cc1ccc(CSCC(=O)NCC(=O)Nc2ccccc2Br)cc1. The molecule has 2 amide bonds. The van der Waals surface area contributed by atoms with E-state index in [0.29, 0.717) is 11.4 Å². The molecule has 4 nitrogen and oxygen atoms in total. The minimum atomic E-state index is -0.251. The van der Waals surface area contributed by atoms with Crippen molar-refractivity contribution in [3.05, 3.63) is 64.1 Å². The monoisotopic (exact) mass is 406 g/mol. The minimum Gasteiger partial charge on any atom is -0.346 e. The van der Waals surface area contributed by atoms with E-state index < -0.39 is 0 Å². The number of hydrogen-bond acceptors (Lipinski definition) is 3. The largest absolute Gasteiger partial charge is 0.346 e. The number of carbonyl (C=O) groups is 2. The fourth-order valence-electron chi connectivity index (χ4n) is 1.93. The Morgan fingerprint density at radius 3 is 2.46 bits per heavy atom. The predicted octanol–water partition coefficient (Wildman–Crippen LogP) is 3.75. The summed E-state index contributed by atoms with van der Waals surface area (Å²) in [4.78, 5) is 23.6. The van der Waals surface area contributed by atoms with Gasteiger partial charge < -0.3 is 10.6 Å². The van der Waals surface area contributed by atoms with Gasteiger partial charge in [-0.2, -0.15) is 0 Å². The Hall–Kier alpha value is -1.79. The van der Waals surface area contributed by atoms with Gasteiger partial charge >= 0.3 is 0 Å². The molecule has 2 N–H and O–H groups in total. The lowest BCUT2D eigenvalue weighted by Crippen LogP contribution is -2.34. The highest BCUT2D eigenvalue weighted by atomic mass is 79.9. The second kappa shape index (κ2) is 9.49. The van der Waals surface area contributed by atoms with Crippen molar-refractivity contribution in [3.8, 4) is 0 Å². The highest BCUT2D eigenvalue weighted by Crippen LogP contribution is 2.20. The molecule has 0 bridgehead atoms. The van der Waals surface area contributed by atoms with Gasteiger partial charge in [0, 0.05) is 10.2 Å². The Balaban J connectivity index is 1.66. The molecule has 0 radical (unpaired) electrons. The number of amides is 2. The van der Waals surface area contributed by atoms with Crippen molar-refractivity contribution >= 4 is 45.2 Å². The van der Waals surface area contributed by atoms with E-state index in [4.69, 9.17) is 0 Å². The van der Waals surface area contributed by atoms with Crippen molar-refractivity contribution in [1.29, 1.82) is 0 Å². The highest BCUT2D eigenvalue weighted by Gasteiger charge is 2.07. The third-order valence-electron chi connectivity index (χ3n) is 3.22. The van der Waals surface area contributed by atoms with Crippen LogP contribution >= 0.6 is 27.7 Å². The summed E-state index contributed by atoms with van der Waals surface area (Å²) in [6.07, 6.45) is 0. The van der Waals surface area contributed by atoms with Crippen LogP contribution in [0.25, 0.3) is 0 Å². The molecule has 0 saturated carbocycles. The van der Waals surface area contributed by atoms with Crippen LogP contribution in [0.15, 0.2) is 53.0 Å². The smallest absolute Gasteiger partial charge is 0.243 e. The van der Waals surface area contributed by atoms with Crippen molar-refractivity contribution in [2.75, 3.05) is 17.6 Å². The minimum absolute atomic E-state index is 0.0364. The number of hydrogen-bond donors (Lipinski definition) is 2. The Morgan fingerprint density at radius 1 is 1.04 bits per heavy atom. The lowest BCUT2D eigenvalue weighted by Gasteiger charge is -2.08. The van der Waals surface area contributed by atoms with Gasteiger partial charge in [-0.15, -0.1) is 11.8 Å². The van der Waals surface area contributed by atoms with Crippen LogP contribution in [-0.2, 0) is 15.3 Å². The van der Waals surface area contributed by atoms with Gasteiger partial charge in [-0.3, -0.25) is 9.59 Å². The molecule has 2 aromatic carbocycles. The molecule has 0 fully saturated rings. The number of carbonyl (C=O) groups excluding carboxylic acids is 2. The van der Waals surface area contributed by atoms with Crippen LogP contribution in [0, 0.1) is 6.92 Å². The van der Waals surface area contributed by atoms with Gasteiger partial charge in [-0.05, 0) is 40.5 Å². The molecule has 0 saturated heterocycles. The molecule has 0 unspecified atom stereocenters. The molecule has 0 aromatic heterocycles. The first-order valence-corrected chi connectivity index (χ1v) is 9.44. The number of benzene rings is 2. The van der Waals surface area contributed by atoms with Crippen LogP contribution in [0.5, 0.6) is 0 Å². The number of anilines is 1. The van der Waals surface area contributed by atoms with Gasteiger partial charge in [0.1, 0.15) is 0 Å². The molecular formula is C18H19BrN2O2S. The number of halogens is 1. The normalized spacial score (nSPS) is 10.2. The van der Waals surface area contributed by atoms with Crippen LogP contribution in [-0.4, -0.2) is 24.1 Å². The highest BCUT2D eigenvalue weighted by molar-refractivity contribution is 9.10. The zero-order valence-electron chi connectivity index (χ0n) is 13.3. The summed E-state index contributed by atoms with van der Waals surface area (Å²) in [6.45, 7) is 2.01. The molecule has 2 rings (SSSR count). The first-order valence-electron chi connectivity index (χ1n) is 7.49. The van der Waals surface area contributed by atoms with E-state index in [9.17, 15) is 9.59 Å². The Bertz CT molecular complexity index is 704. The predicted molar refractivity (Wildman–Crippen MR) is 103 cm³/mol. The average molecular weight is 407 g/mol. The van der Waals surface area contributed by atoms with Gasteiger partial charge in [0.05, 0.1) is 18.0 Å². The van der Waals surface area contributed by atoms with Crippen molar-refractivity contribution in [2.45, 2.75) is 12.7 Å². The molecule has 0 aliphatic heterocycles. The van der Waals surface area contributed by atoms with E-state index in [1.807, 2.05) is 25.1 Å². The summed E-state index contributed by atoms with van der Waals surface area (Å²) in [5.41, 5.74) is 3.09. The third kappa shape index (κ3) is 6.37. The third-order valence-corrected chi connectivity index (χ3v) is 4.91. The topological polar surface area (TPSA) is 58.2 Å². The summed E-state index contributed by atoms with van der Waals surface area (Å²) < 4.78 is 0.804. The van der Waals surface area contributed by atoms with Crippen molar-refractivity contribution < 1.29 is 9.59 Å². The molecule has 0 atom stereocenters. The second-order valence-corrected chi connectivity index (χ2v) is 7.12. The lowest BCUT2D eigenvalue weighted by atomic mass is 10.2. The number of rotatable bonds is 7. The van der Waals surface area contributed by atoms with Gasteiger partial charge in [-0.25, -0.2) is 0 Å². The molecule has 0 aliphatic carbocycles. The second-order valence-electron chi connectivity index (χ2n) is 5.28. The molecular weight excluding hydrogens is 388 g/mol. The molecule has 0 heterocycles. The van der Waals surface area contributed by atoms with Gasteiger partial charge in [0.2, 0.25) is 11.8 Å². The van der Waals surface area contributed by atoms with Gasteiger partial charge in [0.15, 0.2) is 0 Å². The first kappa shape index (κ1) is 18.5. The lowest BCUT2D eigenvalue weighted by molar-refractivity contribution is -0.122. The first-order chi connectivity index (χ1) is 11.5. The zero-order valence-corrected chi connectivity index (χ0v) is 15.7. The fourth-order valence-corrected chi connectivity index (χ4v) is 3.13. The quantitative estimate of drug-likeness (QED) is 0.735. The standard InChI is InChI=1S/C18H19BrN2O2S/c1-13-6-8-14(9-7-13)11-24-12-18(23)20-10-17(22)21-16-5-3-2-4-15(16)19/h2-9H,10-12H2,1H3,(H,20,23)(H,21,22). The molecule has 2 aromatic rings. The fraction of sp³-hybridized carbons (Fsp3) is 0.222. The van der Waals surface area contributed by atoms with E-state index in [1.54, 1.807) is 6.07 Å². The van der Waals surface area contributed by atoms with E-state index in [0.717, 1.165) is 10.2 Å². The number of para-hydroxylation sites is 1. The number of aryl methyl sites for hydroxylation is 1. The molecule has 0 aliphatic rings. The maximum atomic E-state index is 11.8. The van der Waals surface area contributed by atoms with Crippen molar-refractivity contribution in [3.63, 3.8) is 0 Å². The average Bonchev–Trinajstić information content (AvgIpc) is 2.57. The molecule has 24 heavy (non-hydrogen) atoms. The van der Waals surface area contributed by atoms with E-state index >= 15 is 0 Å². The van der Waals surface area contributed by atoms with Crippen LogP contribution in [0.3, 0.4) is 0 Å². The maximum Gasteiger partial charge on any atom is 0.243 e. The van der Waals surface area contributed by atoms with Crippen LogP contribution in [0.1, 0.15) is 11.1 Å². The van der Waals surface area contributed by atoms with E-state index in [2.05, 4.69) is 50.8 Å². The Morgan fingerprint density at radius 2 is 1.75 bits per heavy atom.